The van der Waals surface area contributed by atoms with Crippen LogP contribution in [0, 0.1) is 11.6 Å². The molecule has 3 amide bonds. The van der Waals surface area contributed by atoms with Gasteiger partial charge >= 0.3 is 6.03 Å². The Balaban J connectivity index is 1.60. The molecule has 8 nitrogen and oxygen atoms in total. The van der Waals surface area contributed by atoms with Gasteiger partial charge in [0.2, 0.25) is 0 Å². The zero-order valence-corrected chi connectivity index (χ0v) is 16.6. The van der Waals surface area contributed by atoms with Crippen LogP contribution in [0.3, 0.4) is 0 Å². The zero-order valence-electron chi connectivity index (χ0n) is 16.6. The Morgan fingerprint density at radius 2 is 1.78 bits per heavy atom. The van der Waals surface area contributed by atoms with Gasteiger partial charge in [-0.25, -0.2) is 18.7 Å². The lowest BCUT2D eigenvalue weighted by Crippen LogP contribution is -2.53. The van der Waals surface area contributed by atoms with Crippen LogP contribution in [0.4, 0.5) is 19.3 Å². The monoisotopic (exact) mass is 437 g/mol. The van der Waals surface area contributed by atoms with Crippen LogP contribution in [-0.4, -0.2) is 32.6 Å². The van der Waals surface area contributed by atoms with Crippen molar-refractivity contribution in [2.45, 2.75) is 36.9 Å². The van der Waals surface area contributed by atoms with Crippen LogP contribution in [0.2, 0.25) is 0 Å². The summed E-state index contributed by atoms with van der Waals surface area (Å²) in [6, 6.07) is 5.70. The molecule has 2 atom stereocenters. The van der Waals surface area contributed by atoms with E-state index in [9.17, 15) is 23.2 Å². The molecule has 2 unspecified atom stereocenters. The number of hydrogen-bond donors (Lipinski definition) is 3. The van der Waals surface area contributed by atoms with E-state index in [2.05, 4.69) is 20.8 Å². The minimum absolute atomic E-state index is 0.0606. The first-order valence-electron chi connectivity index (χ1n) is 10.3. The van der Waals surface area contributed by atoms with Crippen molar-refractivity contribution in [3.8, 4) is 0 Å². The summed E-state index contributed by atoms with van der Waals surface area (Å²) >= 11 is 0. The number of amides is 3. The van der Waals surface area contributed by atoms with E-state index in [1.54, 1.807) is 0 Å². The second-order valence-corrected chi connectivity index (χ2v) is 8.47. The third-order valence-electron chi connectivity index (χ3n) is 6.70. The molecule has 6 rings (SSSR count). The molecule has 3 N–H and O–H groups in total. The van der Waals surface area contributed by atoms with Crippen molar-refractivity contribution in [2.24, 2.45) is 0 Å². The van der Waals surface area contributed by atoms with Crippen molar-refractivity contribution in [3.63, 3.8) is 0 Å². The highest BCUT2D eigenvalue weighted by atomic mass is 19.1. The summed E-state index contributed by atoms with van der Waals surface area (Å²) in [4.78, 5) is 39.9. The summed E-state index contributed by atoms with van der Waals surface area (Å²) in [6.07, 6.45) is 1.92. The predicted octanol–water partition coefficient (Wildman–Crippen LogP) is 2.88. The number of carbonyl (C=O) groups excluding carboxylic acids is 2. The van der Waals surface area contributed by atoms with Crippen molar-refractivity contribution in [2.75, 3.05) is 5.32 Å². The number of carbonyl (C=O) groups is 2. The molecule has 2 aliphatic heterocycles. The molecule has 10 heteroatoms. The maximum Gasteiger partial charge on any atom is 0.325 e. The quantitative estimate of drug-likeness (QED) is 0.535. The molecule has 0 bridgehead atoms. The third kappa shape index (κ3) is 2.46. The van der Waals surface area contributed by atoms with Gasteiger partial charge in [-0.2, -0.15) is 5.10 Å². The molecular weight excluding hydrogens is 420 g/mol. The molecule has 1 aliphatic carbocycles. The summed E-state index contributed by atoms with van der Waals surface area (Å²) in [5.41, 5.74) is -0.359. The molecule has 1 spiro atoms. The summed E-state index contributed by atoms with van der Waals surface area (Å²) in [6.45, 7) is 0. The smallest absolute Gasteiger partial charge is 0.325 e. The van der Waals surface area contributed by atoms with Crippen LogP contribution in [0.15, 0.2) is 41.2 Å². The summed E-state index contributed by atoms with van der Waals surface area (Å²) in [5.74, 6) is -1.43. The van der Waals surface area contributed by atoms with Crippen LogP contribution < -0.4 is 16.2 Å². The van der Waals surface area contributed by atoms with Crippen molar-refractivity contribution in [1.82, 2.24) is 20.4 Å². The second-order valence-electron chi connectivity index (χ2n) is 8.47. The van der Waals surface area contributed by atoms with E-state index in [4.69, 9.17) is 0 Å². The first-order chi connectivity index (χ1) is 15.4. The van der Waals surface area contributed by atoms with E-state index in [0.29, 0.717) is 29.5 Å². The largest absolute Gasteiger partial charge is 0.375 e. The number of H-pyrrole nitrogens is 1. The zero-order chi connectivity index (χ0) is 22.2. The average Bonchev–Trinajstić information content (AvgIpc) is 3.01. The van der Waals surface area contributed by atoms with E-state index in [0.717, 1.165) is 17.4 Å². The molecule has 0 radical (unpaired) electrons. The Morgan fingerprint density at radius 1 is 1.03 bits per heavy atom. The number of aromatic nitrogens is 2. The van der Waals surface area contributed by atoms with E-state index in [1.807, 2.05) is 0 Å². The maximum atomic E-state index is 14.3. The highest BCUT2D eigenvalue weighted by Gasteiger charge is 2.58. The van der Waals surface area contributed by atoms with Crippen molar-refractivity contribution >= 4 is 28.4 Å². The lowest BCUT2D eigenvalue weighted by molar-refractivity contribution is -0.136. The van der Waals surface area contributed by atoms with Gasteiger partial charge in [-0.1, -0.05) is 12.1 Å². The van der Waals surface area contributed by atoms with E-state index in [-0.39, 0.29) is 17.0 Å². The Bertz CT molecular complexity index is 1370. The maximum absolute atomic E-state index is 14.3. The fourth-order valence-electron chi connectivity index (χ4n) is 4.99. The van der Waals surface area contributed by atoms with Crippen LogP contribution in [-0.2, 0) is 4.79 Å². The first kappa shape index (κ1) is 18.9. The van der Waals surface area contributed by atoms with Crippen LogP contribution >= 0.6 is 0 Å². The third-order valence-corrected chi connectivity index (χ3v) is 6.70. The van der Waals surface area contributed by atoms with Crippen LogP contribution in [0.5, 0.6) is 0 Å². The number of urea groups is 1. The second kappa shape index (κ2) is 6.35. The van der Waals surface area contributed by atoms with Crippen LogP contribution in [0.25, 0.3) is 10.8 Å². The van der Waals surface area contributed by atoms with Crippen LogP contribution in [0.1, 0.15) is 42.6 Å². The number of benzene rings is 2. The fraction of sp³-hybridized carbons (Fsp3) is 0.273. The van der Waals surface area contributed by atoms with Gasteiger partial charge < -0.3 is 10.6 Å². The Kier molecular flexibility index (Phi) is 3.75. The van der Waals surface area contributed by atoms with Gasteiger partial charge in [-0.15, -0.1) is 0 Å². The van der Waals surface area contributed by atoms with Crippen molar-refractivity contribution < 1.29 is 18.4 Å². The molecule has 2 fully saturated rings. The number of imide groups is 1. The number of hydrogen-bond acceptors (Lipinski definition) is 5. The average molecular weight is 437 g/mol. The number of nitrogens with one attached hydrogen (secondary N) is 3. The molecule has 3 aliphatic rings. The molecule has 1 saturated heterocycles. The number of rotatable bonds is 2. The van der Waals surface area contributed by atoms with Gasteiger partial charge in [0.05, 0.1) is 17.1 Å². The topological polar surface area (TPSA) is 107 Å². The SMILES string of the molecule is O=C1NC2(CCC2)C(=O)N1C1c2n[nH]c(=O)c3cc(F)cc(c23)NC1c1ccc(F)cc1. The van der Waals surface area contributed by atoms with Gasteiger partial charge in [0.25, 0.3) is 11.5 Å². The molecular formula is C22H17F2N5O3. The highest BCUT2D eigenvalue weighted by Crippen LogP contribution is 2.48. The van der Waals surface area contributed by atoms with Gasteiger partial charge in [0.1, 0.15) is 23.2 Å². The normalized spacial score (nSPS) is 23.2. The first-order valence-corrected chi connectivity index (χ1v) is 10.3. The molecule has 32 heavy (non-hydrogen) atoms. The lowest BCUT2D eigenvalue weighted by atomic mass is 9.76. The standard InChI is InChI=1S/C22H17F2N5O3/c23-11-4-2-10(3-5-11)16-18(29-20(31)22(6-1-7-22)26-21(29)32)17-15-13(19(30)28-27-17)8-12(24)9-14(15)25-16/h2-5,8-9,16,18,25H,1,6-7H2,(H,26,32)(H,28,30). The molecule has 2 aromatic carbocycles. The molecule has 3 aromatic rings. The molecule has 1 saturated carbocycles. The summed E-state index contributed by atoms with van der Waals surface area (Å²) < 4.78 is 27.9. The van der Waals surface area contributed by atoms with E-state index >= 15 is 0 Å². The van der Waals surface area contributed by atoms with Crippen molar-refractivity contribution in [1.29, 1.82) is 0 Å². The van der Waals surface area contributed by atoms with Gasteiger partial charge in [-0.05, 0) is 49.1 Å². The van der Waals surface area contributed by atoms with E-state index in [1.165, 1.54) is 30.3 Å². The number of halogens is 2. The fourth-order valence-corrected chi connectivity index (χ4v) is 4.99. The predicted molar refractivity (Wildman–Crippen MR) is 110 cm³/mol. The number of anilines is 1. The number of aromatic amines is 1. The molecule has 162 valence electrons. The Morgan fingerprint density at radius 3 is 2.44 bits per heavy atom. The van der Waals surface area contributed by atoms with E-state index < -0.39 is 40.8 Å². The summed E-state index contributed by atoms with van der Waals surface area (Å²) in [7, 11) is 0. The highest BCUT2D eigenvalue weighted by molar-refractivity contribution is 6.09. The number of nitrogens with zero attached hydrogens (tertiary/aromatic N) is 2. The molecule has 1 aromatic heterocycles. The van der Waals surface area contributed by atoms with Gasteiger partial charge in [0, 0.05) is 11.1 Å². The Labute approximate surface area is 179 Å². The van der Waals surface area contributed by atoms with Gasteiger partial charge in [-0.3, -0.25) is 14.5 Å². The summed E-state index contributed by atoms with van der Waals surface area (Å²) in [5, 5.41) is 12.9. The minimum atomic E-state index is -0.940. The minimum Gasteiger partial charge on any atom is -0.375 e. The lowest BCUT2D eigenvalue weighted by Gasteiger charge is -2.39. The Hall–Kier alpha value is -3.82. The van der Waals surface area contributed by atoms with Gasteiger partial charge in [0.15, 0.2) is 0 Å². The molecule has 3 heterocycles. The van der Waals surface area contributed by atoms with Crippen molar-refractivity contribution in [3.05, 3.63) is 69.6 Å².